The van der Waals surface area contributed by atoms with Crippen LogP contribution in [0.2, 0.25) is 0 Å². The van der Waals surface area contributed by atoms with Crippen LogP contribution < -0.4 is 0 Å². The van der Waals surface area contributed by atoms with Crippen LogP contribution in [-0.4, -0.2) is 23.9 Å². The normalized spacial score (nSPS) is 47.1. The summed E-state index contributed by atoms with van der Waals surface area (Å²) in [6.45, 7) is 15.1. The summed E-state index contributed by atoms with van der Waals surface area (Å²) in [5.74, 6) is 6.46. The Morgan fingerprint density at radius 1 is 1.00 bits per heavy atom. The lowest BCUT2D eigenvalue weighted by Crippen LogP contribution is -2.63. The molecule has 0 aromatic carbocycles. The van der Waals surface area contributed by atoms with E-state index >= 15 is 0 Å². The molecule has 2 heteroatoms. The third-order valence-electron chi connectivity index (χ3n) is 11.1. The molecule has 0 bridgehead atoms. The van der Waals surface area contributed by atoms with E-state index in [1.165, 1.54) is 51.4 Å². The molecule has 9 unspecified atom stereocenters. The number of likely N-dealkylation sites (tertiary alicyclic amines) is 1. The molecule has 4 fully saturated rings. The van der Waals surface area contributed by atoms with Gasteiger partial charge in [0, 0.05) is 19.5 Å². The van der Waals surface area contributed by atoms with E-state index in [2.05, 4.69) is 53.5 Å². The van der Waals surface area contributed by atoms with Crippen LogP contribution in [0.1, 0.15) is 106 Å². The van der Waals surface area contributed by atoms with E-state index in [0.29, 0.717) is 22.8 Å². The zero-order valence-corrected chi connectivity index (χ0v) is 21.0. The topological polar surface area (TPSA) is 20.3 Å². The van der Waals surface area contributed by atoms with Gasteiger partial charge >= 0.3 is 0 Å². The Bertz CT molecular complexity index is 643. The number of piperidine rings is 1. The number of amides is 1. The molecule has 0 radical (unpaired) electrons. The fraction of sp³-hybridized carbons (Fsp3) is 0.964. The molecule has 0 spiro atoms. The lowest BCUT2D eigenvalue weighted by Gasteiger charge is -2.64. The van der Waals surface area contributed by atoms with Crippen LogP contribution in [0.25, 0.3) is 0 Å². The molecular formula is C28H49NO. The maximum atomic E-state index is 12.5. The van der Waals surface area contributed by atoms with Gasteiger partial charge in [0.1, 0.15) is 0 Å². The van der Waals surface area contributed by atoms with Crippen LogP contribution >= 0.6 is 0 Å². The van der Waals surface area contributed by atoms with Crippen molar-refractivity contribution in [3.63, 3.8) is 0 Å². The largest absolute Gasteiger partial charge is 0.342 e. The first-order valence-corrected chi connectivity index (χ1v) is 13.3. The first kappa shape index (κ1) is 22.7. The molecule has 0 aromatic heterocycles. The van der Waals surface area contributed by atoms with Gasteiger partial charge in [-0.25, -0.2) is 0 Å². The predicted octanol–water partition coefficient (Wildman–Crippen LogP) is 7.17. The maximum Gasteiger partial charge on any atom is 0.222 e. The van der Waals surface area contributed by atoms with E-state index in [1.807, 2.05) is 0 Å². The minimum absolute atomic E-state index is 0.349. The molecule has 0 N–H and O–H groups in total. The molecule has 30 heavy (non-hydrogen) atoms. The summed E-state index contributed by atoms with van der Waals surface area (Å²) in [4.78, 5) is 14.6. The molecule has 2 nitrogen and oxygen atoms in total. The molecule has 172 valence electrons. The Morgan fingerprint density at radius 2 is 1.70 bits per heavy atom. The molecule has 1 amide bonds. The first-order valence-electron chi connectivity index (χ1n) is 13.3. The SMILES string of the molecule is CC(C)CCCC(C)C1CCC2C3C(C)CC4N(C)C(=O)CCC4(C)C3CCC12C. The zero-order chi connectivity index (χ0) is 21.8. The maximum absolute atomic E-state index is 12.5. The number of hydrogen-bond donors (Lipinski definition) is 0. The molecule has 9 atom stereocenters. The fourth-order valence-electron chi connectivity index (χ4n) is 9.49. The van der Waals surface area contributed by atoms with Crippen molar-refractivity contribution in [1.82, 2.24) is 4.90 Å². The summed E-state index contributed by atoms with van der Waals surface area (Å²) in [5.41, 5.74) is 0.911. The van der Waals surface area contributed by atoms with Crippen molar-refractivity contribution in [1.29, 1.82) is 0 Å². The van der Waals surface area contributed by atoms with Crippen molar-refractivity contribution >= 4 is 5.91 Å². The summed E-state index contributed by atoms with van der Waals surface area (Å²) < 4.78 is 0. The van der Waals surface area contributed by atoms with Crippen molar-refractivity contribution in [3.05, 3.63) is 0 Å². The Morgan fingerprint density at radius 3 is 2.40 bits per heavy atom. The summed E-state index contributed by atoms with van der Waals surface area (Å²) >= 11 is 0. The Kier molecular flexibility index (Phi) is 6.12. The Labute approximate surface area is 186 Å². The van der Waals surface area contributed by atoms with E-state index in [0.717, 1.165) is 54.3 Å². The molecule has 4 aliphatic rings. The predicted molar refractivity (Wildman–Crippen MR) is 126 cm³/mol. The van der Waals surface area contributed by atoms with Crippen LogP contribution in [0.4, 0.5) is 0 Å². The highest BCUT2D eigenvalue weighted by Gasteiger charge is 2.63. The molecule has 4 rings (SSSR count). The minimum atomic E-state index is 0.349. The molecule has 0 aromatic rings. The zero-order valence-electron chi connectivity index (χ0n) is 21.0. The molecular weight excluding hydrogens is 366 g/mol. The van der Waals surface area contributed by atoms with E-state index < -0.39 is 0 Å². The van der Waals surface area contributed by atoms with Gasteiger partial charge in [0.2, 0.25) is 5.91 Å². The van der Waals surface area contributed by atoms with Crippen LogP contribution in [-0.2, 0) is 4.79 Å². The molecule has 1 aliphatic heterocycles. The number of nitrogens with zero attached hydrogens (tertiary/aromatic N) is 1. The van der Waals surface area contributed by atoms with Gasteiger partial charge in [-0.05, 0) is 90.8 Å². The second-order valence-corrected chi connectivity index (χ2v) is 13.1. The minimum Gasteiger partial charge on any atom is -0.342 e. The summed E-state index contributed by atoms with van der Waals surface area (Å²) in [6.07, 6.45) is 13.2. The van der Waals surface area contributed by atoms with Gasteiger partial charge in [0.25, 0.3) is 0 Å². The van der Waals surface area contributed by atoms with Crippen molar-refractivity contribution in [2.24, 2.45) is 52.3 Å². The van der Waals surface area contributed by atoms with Gasteiger partial charge in [0.15, 0.2) is 0 Å². The van der Waals surface area contributed by atoms with Crippen LogP contribution in [0.15, 0.2) is 0 Å². The number of rotatable bonds is 5. The van der Waals surface area contributed by atoms with Gasteiger partial charge in [0.05, 0.1) is 0 Å². The van der Waals surface area contributed by atoms with Gasteiger partial charge < -0.3 is 4.90 Å². The monoisotopic (exact) mass is 415 g/mol. The van der Waals surface area contributed by atoms with Gasteiger partial charge in [-0.1, -0.05) is 60.8 Å². The number of carbonyl (C=O) groups is 1. The summed E-state index contributed by atoms with van der Waals surface area (Å²) in [5, 5.41) is 0. The summed E-state index contributed by atoms with van der Waals surface area (Å²) in [6, 6.07) is 0.478. The summed E-state index contributed by atoms with van der Waals surface area (Å²) in [7, 11) is 2.09. The van der Waals surface area contributed by atoms with E-state index in [-0.39, 0.29) is 0 Å². The lowest BCUT2D eigenvalue weighted by atomic mass is 9.44. The third kappa shape index (κ3) is 3.47. The van der Waals surface area contributed by atoms with E-state index in [4.69, 9.17) is 0 Å². The smallest absolute Gasteiger partial charge is 0.222 e. The molecule has 3 saturated carbocycles. The quantitative estimate of drug-likeness (QED) is 0.466. The van der Waals surface area contributed by atoms with E-state index in [9.17, 15) is 4.79 Å². The highest BCUT2D eigenvalue weighted by Crippen LogP contribution is 2.68. The van der Waals surface area contributed by atoms with Gasteiger partial charge in [-0.15, -0.1) is 0 Å². The van der Waals surface area contributed by atoms with Crippen LogP contribution in [0.3, 0.4) is 0 Å². The lowest BCUT2D eigenvalue weighted by molar-refractivity contribution is -0.167. The average Bonchev–Trinajstić information content (AvgIpc) is 3.03. The van der Waals surface area contributed by atoms with Crippen molar-refractivity contribution in [3.8, 4) is 0 Å². The number of carbonyl (C=O) groups excluding carboxylic acids is 1. The highest BCUT2D eigenvalue weighted by molar-refractivity contribution is 5.77. The standard InChI is InChI=1S/C28H49NO/c1-18(2)9-8-10-19(3)21-11-12-22-26-20(4)17-24-28(6,16-14-25(30)29(24)7)23(26)13-15-27(21,22)5/h18-24,26H,8-17H2,1-7H3. The third-order valence-corrected chi connectivity index (χ3v) is 11.1. The van der Waals surface area contributed by atoms with Crippen LogP contribution in [0.5, 0.6) is 0 Å². The number of hydrogen-bond acceptors (Lipinski definition) is 1. The van der Waals surface area contributed by atoms with E-state index in [1.54, 1.807) is 0 Å². The second-order valence-electron chi connectivity index (χ2n) is 13.1. The van der Waals surface area contributed by atoms with Crippen molar-refractivity contribution in [2.45, 2.75) is 112 Å². The Balaban J connectivity index is 1.53. The molecule has 3 aliphatic carbocycles. The first-order chi connectivity index (χ1) is 14.1. The highest BCUT2D eigenvalue weighted by atomic mass is 16.2. The second kappa shape index (κ2) is 8.11. The average molecular weight is 416 g/mol. The number of fused-ring (bicyclic) bond motifs is 5. The van der Waals surface area contributed by atoms with Gasteiger partial charge in [-0.2, -0.15) is 0 Å². The van der Waals surface area contributed by atoms with Gasteiger partial charge in [-0.3, -0.25) is 4.79 Å². The Hall–Kier alpha value is -0.530. The fourth-order valence-corrected chi connectivity index (χ4v) is 9.49. The van der Waals surface area contributed by atoms with Crippen molar-refractivity contribution < 1.29 is 4.79 Å². The van der Waals surface area contributed by atoms with Crippen molar-refractivity contribution in [2.75, 3.05) is 7.05 Å². The molecule has 1 saturated heterocycles. The molecule has 1 heterocycles. The van der Waals surface area contributed by atoms with Crippen LogP contribution in [0, 0.1) is 52.3 Å².